The number of rotatable bonds is 6. The summed E-state index contributed by atoms with van der Waals surface area (Å²) >= 11 is 0. The van der Waals surface area contributed by atoms with Crippen molar-refractivity contribution in [3.05, 3.63) is 60.8 Å². The molecule has 0 aliphatic carbocycles. The van der Waals surface area contributed by atoms with Crippen molar-refractivity contribution < 1.29 is 4.74 Å². The highest BCUT2D eigenvalue weighted by Crippen LogP contribution is 2.24. The van der Waals surface area contributed by atoms with E-state index in [9.17, 15) is 0 Å². The molecule has 7 heteroatoms. The Morgan fingerprint density at radius 2 is 2.04 bits per heavy atom. The standard InChI is InChI=1S/C19H24N6O/c1-26-18-10-17(12-25-8-6-19(20)22-25)24(13-18)11-15-2-4-16(5-3-15)23-9-7-21-14-23/h2-9,14,17-18H,10-13H2,1H3,(H2,20,22)/t17-,18+/m0/s1. The van der Waals surface area contributed by atoms with Crippen LogP contribution in [-0.2, 0) is 17.8 Å². The maximum absolute atomic E-state index is 5.74. The van der Waals surface area contributed by atoms with E-state index < -0.39 is 0 Å². The second-order valence-electron chi connectivity index (χ2n) is 6.78. The third-order valence-corrected chi connectivity index (χ3v) is 5.01. The molecule has 3 heterocycles. The first-order chi connectivity index (χ1) is 12.7. The van der Waals surface area contributed by atoms with Crippen LogP contribution in [0.4, 0.5) is 5.82 Å². The van der Waals surface area contributed by atoms with Crippen LogP contribution in [0, 0.1) is 0 Å². The maximum atomic E-state index is 5.74. The molecule has 1 saturated heterocycles. The number of likely N-dealkylation sites (tertiary alicyclic amines) is 1. The van der Waals surface area contributed by atoms with E-state index in [1.807, 2.05) is 34.0 Å². The summed E-state index contributed by atoms with van der Waals surface area (Å²) in [5.74, 6) is 0.563. The summed E-state index contributed by atoms with van der Waals surface area (Å²) in [6.45, 7) is 2.65. The molecule has 136 valence electrons. The Kier molecular flexibility index (Phi) is 4.73. The molecule has 0 amide bonds. The van der Waals surface area contributed by atoms with E-state index in [1.165, 1.54) is 5.56 Å². The van der Waals surface area contributed by atoms with Crippen molar-refractivity contribution in [2.75, 3.05) is 19.4 Å². The highest BCUT2D eigenvalue weighted by atomic mass is 16.5. The summed E-state index contributed by atoms with van der Waals surface area (Å²) in [6.07, 6.45) is 8.75. The Bertz CT molecular complexity index is 826. The molecule has 0 radical (unpaired) electrons. The lowest BCUT2D eigenvalue weighted by molar-refractivity contribution is 0.107. The van der Waals surface area contributed by atoms with Crippen LogP contribution in [0.25, 0.3) is 5.69 Å². The van der Waals surface area contributed by atoms with E-state index in [0.29, 0.717) is 11.9 Å². The SMILES string of the molecule is CO[C@@H]1C[C@@H](Cn2ccc(N)n2)N(Cc2ccc(-n3ccnc3)cc2)C1. The normalized spacial score (nSPS) is 20.7. The van der Waals surface area contributed by atoms with Crippen LogP contribution in [0.2, 0.25) is 0 Å². The van der Waals surface area contributed by atoms with E-state index in [2.05, 4.69) is 39.2 Å². The summed E-state index contributed by atoms with van der Waals surface area (Å²) in [6, 6.07) is 10.8. The third-order valence-electron chi connectivity index (χ3n) is 5.01. The number of nitrogens with two attached hydrogens (primary N) is 1. The highest BCUT2D eigenvalue weighted by Gasteiger charge is 2.32. The monoisotopic (exact) mass is 352 g/mol. The van der Waals surface area contributed by atoms with Gasteiger partial charge in [0.2, 0.25) is 0 Å². The molecule has 2 N–H and O–H groups in total. The number of imidazole rings is 1. The minimum absolute atomic E-state index is 0.262. The van der Waals surface area contributed by atoms with Crippen LogP contribution in [0.3, 0.4) is 0 Å². The Balaban J connectivity index is 1.45. The average Bonchev–Trinajstić information content (AvgIpc) is 3.38. The lowest BCUT2D eigenvalue weighted by Gasteiger charge is -2.24. The number of hydrogen-bond donors (Lipinski definition) is 1. The van der Waals surface area contributed by atoms with Crippen molar-refractivity contribution in [3.63, 3.8) is 0 Å². The first-order valence-electron chi connectivity index (χ1n) is 8.84. The molecule has 26 heavy (non-hydrogen) atoms. The van der Waals surface area contributed by atoms with Crippen LogP contribution >= 0.6 is 0 Å². The van der Waals surface area contributed by atoms with Gasteiger partial charge in [-0.3, -0.25) is 9.58 Å². The summed E-state index contributed by atoms with van der Waals surface area (Å²) < 4.78 is 9.54. The van der Waals surface area contributed by atoms with E-state index >= 15 is 0 Å². The number of benzene rings is 1. The third kappa shape index (κ3) is 3.63. The van der Waals surface area contributed by atoms with Crippen LogP contribution < -0.4 is 5.73 Å². The van der Waals surface area contributed by atoms with Gasteiger partial charge in [0, 0.05) is 50.5 Å². The topological polar surface area (TPSA) is 74.1 Å². The summed E-state index contributed by atoms with van der Waals surface area (Å²) in [4.78, 5) is 6.57. The molecule has 2 aromatic heterocycles. The minimum atomic E-state index is 0.262. The average molecular weight is 352 g/mol. The number of aromatic nitrogens is 4. The fourth-order valence-electron chi connectivity index (χ4n) is 3.61. The summed E-state index contributed by atoms with van der Waals surface area (Å²) in [5.41, 5.74) is 8.15. The predicted octanol–water partition coefficient (Wildman–Crippen LogP) is 1.94. The Morgan fingerprint density at radius 3 is 2.69 bits per heavy atom. The van der Waals surface area contributed by atoms with Crippen molar-refractivity contribution in [2.24, 2.45) is 0 Å². The maximum Gasteiger partial charge on any atom is 0.145 e. The number of nitrogens with zero attached hydrogens (tertiary/aromatic N) is 5. The number of anilines is 1. The molecule has 1 aromatic carbocycles. The van der Waals surface area contributed by atoms with Gasteiger partial charge < -0.3 is 15.0 Å². The number of methoxy groups -OCH3 is 1. The molecular formula is C19H24N6O. The van der Waals surface area contributed by atoms with Gasteiger partial charge >= 0.3 is 0 Å². The van der Waals surface area contributed by atoms with Gasteiger partial charge in [-0.2, -0.15) is 5.10 Å². The van der Waals surface area contributed by atoms with Gasteiger partial charge in [-0.25, -0.2) is 4.98 Å². The Hall–Kier alpha value is -2.64. The first-order valence-corrected chi connectivity index (χ1v) is 8.84. The molecule has 1 aliphatic rings. The van der Waals surface area contributed by atoms with E-state index in [4.69, 9.17) is 10.5 Å². The lowest BCUT2D eigenvalue weighted by Crippen LogP contribution is -2.33. The molecule has 4 rings (SSSR count). The van der Waals surface area contributed by atoms with Gasteiger partial charge in [0.05, 0.1) is 19.0 Å². The summed E-state index contributed by atoms with van der Waals surface area (Å²) in [5, 5.41) is 4.32. The second-order valence-corrected chi connectivity index (χ2v) is 6.78. The van der Waals surface area contributed by atoms with Crippen molar-refractivity contribution >= 4 is 5.82 Å². The molecular weight excluding hydrogens is 328 g/mol. The van der Waals surface area contributed by atoms with Gasteiger partial charge in [0.25, 0.3) is 0 Å². The number of nitrogen functional groups attached to an aromatic ring is 1. The zero-order valence-electron chi connectivity index (χ0n) is 14.9. The lowest BCUT2D eigenvalue weighted by atomic mass is 10.1. The molecule has 1 fully saturated rings. The molecule has 0 spiro atoms. The molecule has 3 aromatic rings. The quantitative estimate of drug-likeness (QED) is 0.734. The van der Waals surface area contributed by atoms with Crippen molar-refractivity contribution in [1.82, 2.24) is 24.2 Å². The van der Waals surface area contributed by atoms with E-state index in [0.717, 1.165) is 31.7 Å². The second kappa shape index (κ2) is 7.31. The predicted molar refractivity (Wildman–Crippen MR) is 99.8 cm³/mol. The Morgan fingerprint density at radius 1 is 1.19 bits per heavy atom. The molecule has 7 nitrogen and oxygen atoms in total. The van der Waals surface area contributed by atoms with Crippen LogP contribution in [0.1, 0.15) is 12.0 Å². The summed E-state index contributed by atoms with van der Waals surface area (Å²) in [7, 11) is 1.79. The van der Waals surface area contributed by atoms with Crippen molar-refractivity contribution in [1.29, 1.82) is 0 Å². The minimum Gasteiger partial charge on any atom is -0.382 e. The number of ether oxygens (including phenoxy) is 1. The fraction of sp³-hybridized carbons (Fsp3) is 0.368. The van der Waals surface area contributed by atoms with Crippen LogP contribution in [-0.4, -0.2) is 50.0 Å². The Labute approximate surface area is 153 Å². The van der Waals surface area contributed by atoms with Gasteiger partial charge in [0.15, 0.2) is 0 Å². The molecule has 0 unspecified atom stereocenters. The zero-order valence-corrected chi connectivity index (χ0v) is 14.9. The smallest absolute Gasteiger partial charge is 0.145 e. The van der Waals surface area contributed by atoms with Crippen LogP contribution in [0.5, 0.6) is 0 Å². The van der Waals surface area contributed by atoms with Gasteiger partial charge in [-0.1, -0.05) is 12.1 Å². The molecule has 0 bridgehead atoms. The zero-order chi connectivity index (χ0) is 17.9. The largest absolute Gasteiger partial charge is 0.382 e. The van der Waals surface area contributed by atoms with Gasteiger partial charge in [-0.05, 0) is 30.2 Å². The van der Waals surface area contributed by atoms with Gasteiger partial charge in [0.1, 0.15) is 5.82 Å². The van der Waals surface area contributed by atoms with Gasteiger partial charge in [-0.15, -0.1) is 0 Å². The first kappa shape index (κ1) is 16.8. The molecule has 0 saturated carbocycles. The van der Waals surface area contributed by atoms with Crippen molar-refractivity contribution in [3.8, 4) is 5.69 Å². The van der Waals surface area contributed by atoms with Crippen molar-refractivity contribution in [2.45, 2.75) is 31.7 Å². The van der Waals surface area contributed by atoms with E-state index in [-0.39, 0.29) is 6.10 Å². The molecule has 1 aliphatic heterocycles. The van der Waals surface area contributed by atoms with E-state index in [1.54, 1.807) is 13.3 Å². The number of hydrogen-bond acceptors (Lipinski definition) is 5. The fourth-order valence-corrected chi connectivity index (χ4v) is 3.61. The highest BCUT2D eigenvalue weighted by molar-refractivity contribution is 5.34. The van der Waals surface area contributed by atoms with Crippen LogP contribution in [0.15, 0.2) is 55.2 Å². The molecule has 2 atom stereocenters.